The summed E-state index contributed by atoms with van der Waals surface area (Å²) in [5.74, 6) is 0.00924. The van der Waals surface area contributed by atoms with E-state index in [0.29, 0.717) is 16.3 Å². The van der Waals surface area contributed by atoms with Crippen LogP contribution in [0.3, 0.4) is 0 Å². The number of hydrogen-bond acceptors (Lipinski definition) is 3. The van der Waals surface area contributed by atoms with Gasteiger partial charge < -0.3 is 5.73 Å². The molecule has 0 aliphatic heterocycles. The van der Waals surface area contributed by atoms with Gasteiger partial charge in [-0.2, -0.15) is 0 Å². The third kappa shape index (κ3) is 2.95. The number of nitrogen functional groups attached to an aromatic ring is 1. The second-order valence-electron chi connectivity index (χ2n) is 5.31. The number of carbonyl (C=O) groups excluding carboxylic acids is 1. The largest absolute Gasteiger partial charge is 0.399 e. The molecule has 0 saturated heterocycles. The normalized spacial score (nSPS) is 10.8. The summed E-state index contributed by atoms with van der Waals surface area (Å²) in [6.07, 6.45) is 0.231. The maximum atomic E-state index is 12.5. The summed E-state index contributed by atoms with van der Waals surface area (Å²) in [6, 6.07) is 14.6. The van der Waals surface area contributed by atoms with Crippen LogP contribution in [0.5, 0.6) is 0 Å². The average molecular weight is 311 g/mol. The fourth-order valence-corrected chi connectivity index (χ4v) is 2.59. The first-order valence-corrected chi connectivity index (χ1v) is 7.35. The number of rotatable bonds is 3. The molecule has 0 radical (unpaired) electrons. The molecule has 0 amide bonds. The summed E-state index contributed by atoms with van der Waals surface area (Å²) < 4.78 is 0. The Morgan fingerprint density at radius 3 is 2.77 bits per heavy atom. The van der Waals surface area contributed by atoms with Crippen molar-refractivity contribution in [3.05, 3.63) is 70.4 Å². The van der Waals surface area contributed by atoms with Gasteiger partial charge in [0.2, 0.25) is 0 Å². The van der Waals surface area contributed by atoms with Crippen molar-refractivity contribution in [2.24, 2.45) is 0 Å². The monoisotopic (exact) mass is 310 g/mol. The molecule has 22 heavy (non-hydrogen) atoms. The van der Waals surface area contributed by atoms with Gasteiger partial charge in [-0.3, -0.25) is 9.78 Å². The minimum Gasteiger partial charge on any atom is -0.399 e. The zero-order chi connectivity index (χ0) is 15.7. The first kappa shape index (κ1) is 14.5. The number of hydrogen-bond donors (Lipinski definition) is 1. The Hall–Kier alpha value is -2.39. The van der Waals surface area contributed by atoms with E-state index in [1.807, 2.05) is 31.2 Å². The number of benzene rings is 2. The zero-order valence-electron chi connectivity index (χ0n) is 12.1. The summed E-state index contributed by atoms with van der Waals surface area (Å²) in [5, 5.41) is 1.51. The molecule has 2 aromatic carbocycles. The summed E-state index contributed by atoms with van der Waals surface area (Å²) in [7, 11) is 0. The van der Waals surface area contributed by atoms with Crippen molar-refractivity contribution < 1.29 is 4.79 Å². The van der Waals surface area contributed by atoms with Gasteiger partial charge in [-0.1, -0.05) is 17.7 Å². The van der Waals surface area contributed by atoms with Gasteiger partial charge in [0, 0.05) is 33.8 Å². The van der Waals surface area contributed by atoms with Gasteiger partial charge in [-0.25, -0.2) is 0 Å². The van der Waals surface area contributed by atoms with Gasteiger partial charge >= 0.3 is 0 Å². The molecule has 1 aromatic heterocycles. The summed E-state index contributed by atoms with van der Waals surface area (Å²) >= 11 is 6.12. The van der Waals surface area contributed by atoms with E-state index in [2.05, 4.69) is 4.98 Å². The lowest BCUT2D eigenvalue weighted by Gasteiger charge is -2.06. The first-order valence-electron chi connectivity index (χ1n) is 6.97. The van der Waals surface area contributed by atoms with Crippen molar-refractivity contribution in [1.82, 2.24) is 4.98 Å². The molecule has 3 rings (SSSR count). The van der Waals surface area contributed by atoms with Crippen LogP contribution in [0.1, 0.15) is 21.6 Å². The van der Waals surface area contributed by atoms with E-state index in [-0.39, 0.29) is 12.2 Å². The molecule has 0 atom stereocenters. The predicted octanol–water partition coefficient (Wildman–Crippen LogP) is 4.20. The van der Waals surface area contributed by atoms with Crippen LogP contribution in [0.2, 0.25) is 5.02 Å². The standard InChI is InChI=1S/C18H15ClN2O/c1-11-2-3-12-8-13(4-7-17(12)21-11)18(22)10-14-9-15(20)5-6-16(14)19/h2-9H,10,20H2,1H3. The lowest BCUT2D eigenvalue weighted by atomic mass is 10.0. The number of aryl methyl sites for hydroxylation is 1. The van der Waals surface area contributed by atoms with Crippen LogP contribution in [0.15, 0.2) is 48.5 Å². The highest BCUT2D eigenvalue weighted by molar-refractivity contribution is 6.31. The molecule has 4 heteroatoms. The zero-order valence-corrected chi connectivity index (χ0v) is 12.9. The molecule has 2 N–H and O–H groups in total. The number of halogens is 1. The molecule has 1 heterocycles. The number of anilines is 1. The second-order valence-corrected chi connectivity index (χ2v) is 5.72. The van der Waals surface area contributed by atoms with Gasteiger partial charge in [0.1, 0.15) is 0 Å². The smallest absolute Gasteiger partial charge is 0.167 e. The molecular formula is C18H15ClN2O. The predicted molar refractivity (Wildman–Crippen MR) is 90.4 cm³/mol. The number of fused-ring (bicyclic) bond motifs is 1. The summed E-state index contributed by atoms with van der Waals surface area (Å²) in [4.78, 5) is 16.9. The summed E-state index contributed by atoms with van der Waals surface area (Å²) in [5.41, 5.74) is 9.59. The highest BCUT2D eigenvalue weighted by atomic mass is 35.5. The van der Waals surface area contributed by atoms with Gasteiger partial charge in [0.25, 0.3) is 0 Å². The first-order chi connectivity index (χ1) is 10.5. The van der Waals surface area contributed by atoms with Gasteiger partial charge in [0.15, 0.2) is 5.78 Å². The Morgan fingerprint density at radius 2 is 1.95 bits per heavy atom. The molecule has 0 saturated carbocycles. The number of Topliss-reactive ketones (excluding diaryl/α,β-unsaturated/α-hetero) is 1. The molecule has 110 valence electrons. The van der Waals surface area contributed by atoms with Crippen LogP contribution in [0.4, 0.5) is 5.69 Å². The van der Waals surface area contributed by atoms with Crippen molar-refractivity contribution in [3.8, 4) is 0 Å². The Balaban J connectivity index is 1.92. The molecule has 0 aliphatic rings. The van der Waals surface area contributed by atoms with E-state index in [0.717, 1.165) is 22.2 Å². The fourth-order valence-electron chi connectivity index (χ4n) is 2.41. The molecule has 3 nitrogen and oxygen atoms in total. The lowest BCUT2D eigenvalue weighted by Crippen LogP contribution is -2.04. The quantitative estimate of drug-likeness (QED) is 0.582. The molecule has 0 fully saturated rings. The number of aromatic nitrogens is 1. The molecular weight excluding hydrogens is 296 g/mol. The Morgan fingerprint density at radius 1 is 1.14 bits per heavy atom. The second kappa shape index (κ2) is 5.78. The third-order valence-electron chi connectivity index (χ3n) is 3.57. The van der Waals surface area contributed by atoms with Crippen LogP contribution >= 0.6 is 11.6 Å². The number of carbonyl (C=O) groups is 1. The molecule has 3 aromatic rings. The van der Waals surface area contributed by atoms with E-state index in [4.69, 9.17) is 17.3 Å². The highest BCUT2D eigenvalue weighted by Crippen LogP contribution is 2.22. The van der Waals surface area contributed by atoms with Crippen molar-refractivity contribution >= 4 is 34.0 Å². The number of nitrogens with two attached hydrogens (primary N) is 1. The number of ketones is 1. The highest BCUT2D eigenvalue weighted by Gasteiger charge is 2.11. The van der Waals surface area contributed by atoms with E-state index in [1.54, 1.807) is 24.3 Å². The molecule has 0 aliphatic carbocycles. The van der Waals surface area contributed by atoms with Crippen LogP contribution in [-0.4, -0.2) is 10.8 Å². The van der Waals surface area contributed by atoms with E-state index < -0.39 is 0 Å². The average Bonchev–Trinajstić information content (AvgIpc) is 2.50. The minimum absolute atomic E-state index is 0.00924. The number of pyridine rings is 1. The van der Waals surface area contributed by atoms with Crippen LogP contribution in [-0.2, 0) is 6.42 Å². The minimum atomic E-state index is 0.00924. The Kier molecular flexibility index (Phi) is 3.82. The van der Waals surface area contributed by atoms with Gasteiger partial charge in [0.05, 0.1) is 5.52 Å². The third-order valence-corrected chi connectivity index (χ3v) is 3.94. The van der Waals surface area contributed by atoms with Crippen molar-refractivity contribution in [1.29, 1.82) is 0 Å². The Labute approximate surface area is 133 Å². The maximum Gasteiger partial charge on any atom is 0.167 e. The maximum absolute atomic E-state index is 12.5. The van der Waals surface area contributed by atoms with Gasteiger partial charge in [-0.05, 0) is 55.0 Å². The van der Waals surface area contributed by atoms with Crippen molar-refractivity contribution in [2.75, 3.05) is 5.73 Å². The summed E-state index contributed by atoms with van der Waals surface area (Å²) in [6.45, 7) is 1.94. The number of nitrogens with zero attached hydrogens (tertiary/aromatic N) is 1. The molecule has 0 spiro atoms. The van der Waals surface area contributed by atoms with Gasteiger partial charge in [-0.15, -0.1) is 0 Å². The Bertz CT molecular complexity index is 874. The van der Waals surface area contributed by atoms with Crippen molar-refractivity contribution in [3.63, 3.8) is 0 Å². The molecule has 0 unspecified atom stereocenters. The molecule has 0 bridgehead atoms. The van der Waals surface area contributed by atoms with E-state index in [1.165, 1.54) is 0 Å². The van der Waals surface area contributed by atoms with Crippen LogP contribution < -0.4 is 5.73 Å². The van der Waals surface area contributed by atoms with E-state index in [9.17, 15) is 4.79 Å². The van der Waals surface area contributed by atoms with Crippen LogP contribution in [0.25, 0.3) is 10.9 Å². The fraction of sp³-hybridized carbons (Fsp3) is 0.111. The lowest BCUT2D eigenvalue weighted by molar-refractivity contribution is 0.0993. The topological polar surface area (TPSA) is 56.0 Å². The van der Waals surface area contributed by atoms with Crippen LogP contribution in [0, 0.1) is 6.92 Å². The SMILES string of the molecule is Cc1ccc2cc(C(=O)Cc3cc(N)ccc3Cl)ccc2n1. The van der Waals surface area contributed by atoms with Crippen molar-refractivity contribution in [2.45, 2.75) is 13.3 Å². The van der Waals surface area contributed by atoms with E-state index >= 15 is 0 Å².